The molecule has 0 radical (unpaired) electrons. The van der Waals surface area contributed by atoms with Crippen LogP contribution >= 0.6 is 0 Å². The first-order valence-electron chi connectivity index (χ1n) is 7.78. The van der Waals surface area contributed by atoms with Gasteiger partial charge in [0.2, 0.25) is 0 Å². The lowest BCUT2D eigenvalue weighted by atomic mass is 10.1. The van der Waals surface area contributed by atoms with E-state index in [0.717, 1.165) is 26.1 Å². The molecule has 0 aliphatic heterocycles. The van der Waals surface area contributed by atoms with Crippen LogP contribution in [-0.4, -0.2) is 18.0 Å². The van der Waals surface area contributed by atoms with Crippen molar-refractivity contribution in [1.29, 1.82) is 0 Å². The molecule has 0 atom stereocenters. The molecule has 2 aromatic rings. The Balaban J connectivity index is 0.00000242. The molecule has 0 aliphatic rings. The number of hydrogen-bond donors (Lipinski definition) is 0. The second kappa shape index (κ2) is 10.4. The summed E-state index contributed by atoms with van der Waals surface area (Å²) in [6.45, 7) is 7.55. The second-order valence-corrected chi connectivity index (χ2v) is 5.08. The maximum Gasteiger partial charge on any atom is 0.168 e. The van der Waals surface area contributed by atoms with E-state index in [9.17, 15) is 0 Å². The van der Waals surface area contributed by atoms with Crippen LogP contribution in [0.25, 0.3) is 6.08 Å². The molecule has 0 N–H and O–H groups in total. The van der Waals surface area contributed by atoms with Gasteiger partial charge in [-0.1, -0.05) is 36.4 Å². The summed E-state index contributed by atoms with van der Waals surface area (Å²) in [6, 6.07) is 16.8. The summed E-state index contributed by atoms with van der Waals surface area (Å²) < 4.78 is 2.24. The number of hydrogen-bond acceptors (Lipinski definition) is 1. The lowest BCUT2D eigenvalue weighted by Gasteiger charge is -2.24. The molecule has 0 amide bonds. The standard InChI is InChI=1S/C19H25N2.HI/c1-3-21(4-2)19(17-18-11-7-5-8-12-18)13-16-20-14-9-6-10-15-20;/h5-12,14-15,17H,3-4,13,16H2,1-2H3;1H/q+1;/p-1. The van der Waals surface area contributed by atoms with Gasteiger partial charge in [0, 0.05) is 37.3 Å². The van der Waals surface area contributed by atoms with Gasteiger partial charge < -0.3 is 28.9 Å². The van der Waals surface area contributed by atoms with E-state index in [2.05, 4.69) is 90.3 Å². The van der Waals surface area contributed by atoms with Crippen LogP contribution in [0.15, 0.2) is 66.6 Å². The zero-order valence-corrected chi connectivity index (χ0v) is 15.6. The maximum absolute atomic E-state index is 2.44. The topological polar surface area (TPSA) is 7.12 Å². The summed E-state index contributed by atoms with van der Waals surface area (Å²) >= 11 is 0. The quantitative estimate of drug-likeness (QED) is 0.485. The molecule has 0 spiro atoms. The van der Waals surface area contributed by atoms with Crippen LogP contribution in [-0.2, 0) is 6.54 Å². The van der Waals surface area contributed by atoms with Gasteiger partial charge in [-0.2, -0.15) is 0 Å². The first-order chi connectivity index (χ1) is 10.3. The van der Waals surface area contributed by atoms with Crippen molar-refractivity contribution in [2.45, 2.75) is 26.8 Å². The van der Waals surface area contributed by atoms with E-state index in [-0.39, 0.29) is 24.0 Å². The number of nitrogens with zero attached hydrogens (tertiary/aromatic N) is 2. The van der Waals surface area contributed by atoms with Crippen LogP contribution in [0.2, 0.25) is 0 Å². The summed E-state index contributed by atoms with van der Waals surface area (Å²) in [6.07, 6.45) is 7.62. The van der Waals surface area contributed by atoms with Crippen molar-refractivity contribution in [2.24, 2.45) is 0 Å². The molecule has 0 bridgehead atoms. The van der Waals surface area contributed by atoms with Crippen molar-refractivity contribution in [3.8, 4) is 0 Å². The van der Waals surface area contributed by atoms with Crippen LogP contribution in [0.5, 0.6) is 0 Å². The highest BCUT2D eigenvalue weighted by Crippen LogP contribution is 2.14. The molecule has 1 aromatic heterocycles. The number of pyridine rings is 1. The summed E-state index contributed by atoms with van der Waals surface area (Å²) in [5.74, 6) is 0. The smallest absolute Gasteiger partial charge is 0.168 e. The van der Waals surface area contributed by atoms with E-state index in [1.807, 2.05) is 0 Å². The monoisotopic (exact) mass is 408 g/mol. The Morgan fingerprint density at radius 2 is 1.55 bits per heavy atom. The van der Waals surface area contributed by atoms with Gasteiger partial charge in [0.25, 0.3) is 0 Å². The largest absolute Gasteiger partial charge is 1.00 e. The van der Waals surface area contributed by atoms with Crippen molar-refractivity contribution in [2.75, 3.05) is 13.1 Å². The molecule has 1 aromatic carbocycles. The zero-order chi connectivity index (χ0) is 14.9. The molecule has 3 heteroatoms. The number of rotatable bonds is 7. The van der Waals surface area contributed by atoms with E-state index >= 15 is 0 Å². The average Bonchev–Trinajstić information content (AvgIpc) is 2.55. The Hall–Kier alpha value is -1.36. The van der Waals surface area contributed by atoms with Crippen molar-refractivity contribution in [3.05, 3.63) is 72.2 Å². The molecule has 0 aliphatic carbocycles. The second-order valence-electron chi connectivity index (χ2n) is 5.08. The molecule has 1 heterocycles. The third-order valence-electron chi connectivity index (χ3n) is 3.71. The maximum atomic E-state index is 2.44. The van der Waals surface area contributed by atoms with Crippen molar-refractivity contribution < 1.29 is 28.5 Å². The predicted octanol–water partition coefficient (Wildman–Crippen LogP) is 0.751. The lowest BCUT2D eigenvalue weighted by molar-refractivity contribution is -0.696. The minimum absolute atomic E-state index is 0. The third kappa shape index (κ3) is 5.79. The fourth-order valence-corrected chi connectivity index (χ4v) is 2.52. The van der Waals surface area contributed by atoms with Crippen LogP contribution < -0.4 is 28.5 Å². The number of benzene rings is 1. The molecule has 2 rings (SSSR count). The average molecular weight is 408 g/mol. The number of halogens is 1. The molecule has 0 fully saturated rings. The lowest BCUT2D eigenvalue weighted by Crippen LogP contribution is -3.00. The van der Waals surface area contributed by atoms with Crippen molar-refractivity contribution in [1.82, 2.24) is 4.90 Å². The van der Waals surface area contributed by atoms with Gasteiger partial charge in [-0.15, -0.1) is 0 Å². The summed E-state index contributed by atoms with van der Waals surface area (Å²) in [7, 11) is 0. The molecule has 0 saturated carbocycles. The van der Waals surface area contributed by atoms with Gasteiger partial charge in [-0.25, -0.2) is 4.57 Å². The molecule has 0 saturated heterocycles. The van der Waals surface area contributed by atoms with Gasteiger partial charge in [-0.05, 0) is 25.5 Å². The van der Waals surface area contributed by atoms with E-state index in [1.165, 1.54) is 11.3 Å². The Labute approximate surface area is 151 Å². The molecule has 22 heavy (non-hydrogen) atoms. The first kappa shape index (κ1) is 18.7. The molecule has 0 unspecified atom stereocenters. The molecular formula is C19H25IN2. The number of aromatic nitrogens is 1. The van der Waals surface area contributed by atoms with Crippen LogP contribution in [0.3, 0.4) is 0 Å². The minimum Gasteiger partial charge on any atom is -1.00 e. The molecule has 118 valence electrons. The molecule has 2 nitrogen and oxygen atoms in total. The number of aryl methyl sites for hydroxylation is 1. The fourth-order valence-electron chi connectivity index (χ4n) is 2.52. The summed E-state index contributed by atoms with van der Waals surface area (Å²) in [4.78, 5) is 2.44. The van der Waals surface area contributed by atoms with Crippen LogP contribution in [0.1, 0.15) is 25.8 Å². The summed E-state index contributed by atoms with van der Waals surface area (Å²) in [5.41, 5.74) is 2.68. The van der Waals surface area contributed by atoms with E-state index in [1.54, 1.807) is 0 Å². The van der Waals surface area contributed by atoms with Gasteiger partial charge in [0.05, 0.1) is 0 Å². The van der Waals surface area contributed by atoms with Gasteiger partial charge >= 0.3 is 0 Å². The van der Waals surface area contributed by atoms with E-state index in [4.69, 9.17) is 0 Å². The van der Waals surface area contributed by atoms with Crippen LogP contribution in [0.4, 0.5) is 0 Å². The minimum atomic E-state index is 0. The van der Waals surface area contributed by atoms with Gasteiger partial charge in [0.15, 0.2) is 18.9 Å². The molecular weight excluding hydrogens is 383 g/mol. The van der Waals surface area contributed by atoms with Crippen molar-refractivity contribution in [3.63, 3.8) is 0 Å². The van der Waals surface area contributed by atoms with Crippen molar-refractivity contribution >= 4 is 6.08 Å². The normalized spacial score (nSPS) is 10.9. The first-order valence-corrected chi connectivity index (χ1v) is 7.78. The highest BCUT2D eigenvalue weighted by molar-refractivity contribution is 5.52. The number of allylic oxidation sites excluding steroid dienone is 1. The van der Waals surface area contributed by atoms with E-state index < -0.39 is 0 Å². The highest BCUT2D eigenvalue weighted by Gasteiger charge is 2.09. The predicted molar refractivity (Wildman–Crippen MR) is 88.6 cm³/mol. The third-order valence-corrected chi connectivity index (χ3v) is 3.71. The summed E-state index contributed by atoms with van der Waals surface area (Å²) in [5, 5.41) is 0. The SMILES string of the molecule is CCN(CC)C(=Cc1ccccc1)CC[n+]1ccccc1.[I-]. The Kier molecular flexibility index (Phi) is 8.82. The van der Waals surface area contributed by atoms with E-state index in [0.29, 0.717) is 0 Å². The van der Waals surface area contributed by atoms with Gasteiger partial charge in [-0.3, -0.25) is 0 Å². The Bertz CT molecular complexity index is 548. The van der Waals surface area contributed by atoms with Gasteiger partial charge in [0.1, 0.15) is 0 Å². The van der Waals surface area contributed by atoms with Crippen LogP contribution in [0, 0.1) is 0 Å². The Morgan fingerprint density at radius 1 is 0.955 bits per heavy atom. The zero-order valence-electron chi connectivity index (χ0n) is 13.5. The Morgan fingerprint density at radius 3 is 2.14 bits per heavy atom. The fraction of sp³-hybridized carbons (Fsp3) is 0.316. The highest BCUT2D eigenvalue weighted by atomic mass is 127.